The molecule has 2 heteroatoms. The van der Waals surface area contributed by atoms with E-state index in [9.17, 15) is 0 Å². The number of ether oxygens (including phenoxy) is 1. The van der Waals surface area contributed by atoms with Crippen LogP contribution in [0.15, 0.2) is 0 Å². The Morgan fingerprint density at radius 3 is 2.19 bits per heavy atom. The molecule has 1 aliphatic rings. The first kappa shape index (κ1) is 14.7. The maximum absolute atomic E-state index is 6.37. The summed E-state index contributed by atoms with van der Waals surface area (Å²) in [7, 11) is 0. The van der Waals surface area contributed by atoms with Crippen molar-refractivity contribution in [1.82, 2.24) is 0 Å². The Hall–Kier alpha value is 0.690. The predicted octanol–water partition coefficient (Wildman–Crippen LogP) is 4.82. The lowest BCUT2D eigenvalue weighted by molar-refractivity contribution is -0.111. The molecule has 1 nitrogen and oxygen atoms in total. The van der Waals surface area contributed by atoms with Gasteiger partial charge in [0.1, 0.15) is 0 Å². The second kappa shape index (κ2) is 6.58. The summed E-state index contributed by atoms with van der Waals surface area (Å²) >= 11 is 2.51. The van der Waals surface area contributed by atoms with E-state index in [1.807, 2.05) is 0 Å². The number of hydrogen-bond donors (Lipinski definition) is 0. The third-order valence-corrected chi connectivity index (χ3v) is 5.60. The first-order valence-electron chi connectivity index (χ1n) is 6.76. The smallest absolute Gasteiger partial charge is 0.0775 e. The van der Waals surface area contributed by atoms with Gasteiger partial charge in [-0.05, 0) is 44.4 Å². The first-order valence-corrected chi connectivity index (χ1v) is 8.29. The summed E-state index contributed by atoms with van der Waals surface area (Å²) in [6.07, 6.45) is 7.01. The lowest BCUT2D eigenvalue weighted by Crippen LogP contribution is -2.42. The van der Waals surface area contributed by atoms with Crippen molar-refractivity contribution in [2.24, 2.45) is 11.8 Å². The summed E-state index contributed by atoms with van der Waals surface area (Å²) in [4.78, 5) is 0. The van der Waals surface area contributed by atoms with E-state index in [0.717, 1.165) is 10.3 Å². The molecule has 0 aromatic heterocycles. The highest BCUT2D eigenvalue weighted by atomic mass is 127. The van der Waals surface area contributed by atoms with Crippen LogP contribution in [0, 0.1) is 11.8 Å². The molecule has 16 heavy (non-hydrogen) atoms. The fourth-order valence-electron chi connectivity index (χ4n) is 2.43. The quantitative estimate of drug-likeness (QED) is 0.516. The fourth-order valence-corrected chi connectivity index (χ4v) is 3.37. The van der Waals surface area contributed by atoms with E-state index in [1.165, 1.54) is 32.1 Å². The Morgan fingerprint density at radius 1 is 1.25 bits per heavy atom. The average Bonchev–Trinajstić information content (AvgIpc) is 2.29. The van der Waals surface area contributed by atoms with Gasteiger partial charge in [0, 0.05) is 4.43 Å². The molecule has 0 N–H and O–H groups in total. The molecule has 0 bridgehead atoms. The minimum Gasteiger partial charge on any atom is -0.371 e. The highest BCUT2D eigenvalue weighted by Gasteiger charge is 2.36. The molecule has 1 fully saturated rings. The van der Waals surface area contributed by atoms with Crippen LogP contribution in [0.2, 0.25) is 0 Å². The van der Waals surface area contributed by atoms with Gasteiger partial charge in [-0.1, -0.05) is 49.8 Å². The van der Waals surface area contributed by atoms with E-state index in [-0.39, 0.29) is 5.60 Å². The molecule has 0 aliphatic heterocycles. The van der Waals surface area contributed by atoms with Crippen molar-refractivity contribution < 1.29 is 4.74 Å². The van der Waals surface area contributed by atoms with Gasteiger partial charge in [0.25, 0.3) is 0 Å². The summed E-state index contributed by atoms with van der Waals surface area (Å²) < 4.78 is 7.53. The number of halogens is 1. The molecule has 0 aromatic carbocycles. The van der Waals surface area contributed by atoms with Gasteiger partial charge in [0.05, 0.1) is 11.7 Å². The standard InChI is InChI=1S/C14H27IO/c1-5-13-6-8-14(10-15,9-7-13)16-12(4)11(2)3/h11-13H,5-10H2,1-4H3. The molecule has 1 rings (SSSR count). The Bertz CT molecular complexity index is 195. The fraction of sp³-hybridized carbons (Fsp3) is 1.00. The second-order valence-electron chi connectivity index (χ2n) is 5.74. The van der Waals surface area contributed by atoms with Crippen LogP contribution in [0.4, 0.5) is 0 Å². The molecule has 1 atom stereocenters. The number of hydrogen-bond acceptors (Lipinski definition) is 1. The van der Waals surface area contributed by atoms with E-state index < -0.39 is 0 Å². The molecular weight excluding hydrogens is 311 g/mol. The van der Waals surface area contributed by atoms with Gasteiger partial charge in [-0.15, -0.1) is 0 Å². The minimum absolute atomic E-state index is 0.190. The normalized spacial score (nSPS) is 33.0. The van der Waals surface area contributed by atoms with Crippen molar-refractivity contribution >= 4 is 22.6 Å². The Morgan fingerprint density at radius 2 is 1.81 bits per heavy atom. The van der Waals surface area contributed by atoms with Gasteiger partial charge in [0.2, 0.25) is 0 Å². The predicted molar refractivity (Wildman–Crippen MR) is 79.3 cm³/mol. The van der Waals surface area contributed by atoms with Gasteiger partial charge in [0.15, 0.2) is 0 Å². The van der Waals surface area contributed by atoms with Gasteiger partial charge >= 0.3 is 0 Å². The zero-order valence-corrected chi connectivity index (χ0v) is 13.4. The van der Waals surface area contributed by atoms with Crippen molar-refractivity contribution in [3.8, 4) is 0 Å². The third-order valence-electron chi connectivity index (χ3n) is 4.21. The Kier molecular flexibility index (Phi) is 6.06. The second-order valence-corrected chi connectivity index (χ2v) is 6.50. The maximum Gasteiger partial charge on any atom is 0.0775 e. The van der Waals surface area contributed by atoms with Crippen LogP contribution in [0.3, 0.4) is 0 Å². The monoisotopic (exact) mass is 338 g/mol. The summed E-state index contributed by atoms with van der Waals surface area (Å²) in [5.74, 6) is 1.58. The summed E-state index contributed by atoms with van der Waals surface area (Å²) in [6.45, 7) is 9.05. The van der Waals surface area contributed by atoms with Crippen LogP contribution in [0.1, 0.15) is 59.8 Å². The zero-order valence-electron chi connectivity index (χ0n) is 11.3. The molecule has 96 valence electrons. The number of rotatable bonds is 5. The van der Waals surface area contributed by atoms with Crippen LogP contribution in [0.5, 0.6) is 0 Å². The average molecular weight is 338 g/mol. The molecule has 0 radical (unpaired) electrons. The van der Waals surface area contributed by atoms with Crippen LogP contribution >= 0.6 is 22.6 Å². The van der Waals surface area contributed by atoms with Gasteiger partial charge < -0.3 is 4.74 Å². The van der Waals surface area contributed by atoms with Crippen molar-refractivity contribution in [3.63, 3.8) is 0 Å². The first-order chi connectivity index (χ1) is 7.53. The molecule has 0 spiro atoms. The van der Waals surface area contributed by atoms with Crippen LogP contribution < -0.4 is 0 Å². The number of alkyl halides is 1. The summed E-state index contributed by atoms with van der Waals surface area (Å²) in [5, 5.41) is 0. The van der Waals surface area contributed by atoms with Crippen molar-refractivity contribution in [2.75, 3.05) is 4.43 Å². The third kappa shape index (κ3) is 3.86. The van der Waals surface area contributed by atoms with Crippen molar-refractivity contribution in [1.29, 1.82) is 0 Å². The zero-order chi connectivity index (χ0) is 12.2. The summed E-state index contributed by atoms with van der Waals surface area (Å²) in [5.41, 5.74) is 0.190. The highest BCUT2D eigenvalue weighted by molar-refractivity contribution is 14.1. The van der Waals surface area contributed by atoms with Crippen LogP contribution in [-0.2, 0) is 4.74 Å². The molecule has 1 aliphatic carbocycles. The molecule has 0 saturated heterocycles. The molecule has 1 saturated carbocycles. The van der Waals surface area contributed by atoms with Crippen molar-refractivity contribution in [3.05, 3.63) is 0 Å². The molecular formula is C14H27IO. The Labute approximate surface area is 115 Å². The van der Waals surface area contributed by atoms with Crippen LogP contribution in [-0.4, -0.2) is 16.1 Å². The molecule has 0 heterocycles. The topological polar surface area (TPSA) is 9.23 Å². The highest BCUT2D eigenvalue weighted by Crippen LogP contribution is 2.38. The van der Waals surface area contributed by atoms with Gasteiger partial charge in [-0.3, -0.25) is 0 Å². The summed E-state index contributed by atoms with van der Waals surface area (Å²) in [6, 6.07) is 0. The largest absolute Gasteiger partial charge is 0.371 e. The Balaban J connectivity index is 2.52. The molecule has 1 unspecified atom stereocenters. The van der Waals surface area contributed by atoms with Crippen molar-refractivity contribution in [2.45, 2.75) is 71.5 Å². The van der Waals surface area contributed by atoms with E-state index in [4.69, 9.17) is 4.74 Å². The SMILES string of the molecule is CCC1CCC(CI)(OC(C)C(C)C)CC1. The molecule has 0 amide bonds. The van der Waals surface area contributed by atoms with E-state index in [2.05, 4.69) is 50.3 Å². The lowest BCUT2D eigenvalue weighted by Gasteiger charge is -2.41. The van der Waals surface area contributed by atoms with E-state index in [0.29, 0.717) is 12.0 Å². The van der Waals surface area contributed by atoms with E-state index >= 15 is 0 Å². The van der Waals surface area contributed by atoms with Crippen LogP contribution in [0.25, 0.3) is 0 Å². The van der Waals surface area contributed by atoms with E-state index in [1.54, 1.807) is 0 Å². The molecule has 0 aromatic rings. The lowest BCUT2D eigenvalue weighted by atomic mass is 9.78. The minimum atomic E-state index is 0.190. The van der Waals surface area contributed by atoms with Gasteiger partial charge in [-0.2, -0.15) is 0 Å². The maximum atomic E-state index is 6.37. The van der Waals surface area contributed by atoms with Gasteiger partial charge in [-0.25, -0.2) is 0 Å².